The molecular weight excluding hydrogens is 364 g/mol. The van der Waals surface area contributed by atoms with Crippen molar-refractivity contribution in [3.8, 4) is 5.95 Å². The first kappa shape index (κ1) is 17.1. The molecule has 0 saturated heterocycles. The SMILES string of the molecule is CCc1cc2c(NCc3cccc([N+](=O)[O-])c3)nc(-n3ccnc3)nc2s1. The minimum atomic E-state index is -0.393. The lowest BCUT2D eigenvalue weighted by atomic mass is 10.2. The fraction of sp³-hybridized carbons (Fsp3) is 0.167. The summed E-state index contributed by atoms with van der Waals surface area (Å²) in [6.45, 7) is 2.53. The van der Waals surface area contributed by atoms with E-state index in [1.165, 1.54) is 10.9 Å². The molecule has 1 aromatic carbocycles. The van der Waals surface area contributed by atoms with E-state index in [0.29, 0.717) is 18.3 Å². The minimum absolute atomic E-state index is 0.0741. The van der Waals surface area contributed by atoms with Gasteiger partial charge in [-0.3, -0.25) is 14.7 Å². The van der Waals surface area contributed by atoms with E-state index in [0.717, 1.165) is 22.2 Å². The smallest absolute Gasteiger partial charge is 0.269 e. The third-order valence-electron chi connectivity index (χ3n) is 4.10. The van der Waals surface area contributed by atoms with Crippen LogP contribution >= 0.6 is 11.3 Å². The fourth-order valence-corrected chi connectivity index (χ4v) is 3.69. The number of non-ortho nitro benzene ring substituents is 1. The summed E-state index contributed by atoms with van der Waals surface area (Å²) < 4.78 is 1.75. The summed E-state index contributed by atoms with van der Waals surface area (Å²) in [5.41, 5.74) is 0.885. The van der Waals surface area contributed by atoms with Crippen molar-refractivity contribution in [2.75, 3.05) is 5.32 Å². The Hall–Kier alpha value is -3.33. The van der Waals surface area contributed by atoms with Gasteiger partial charge < -0.3 is 5.32 Å². The van der Waals surface area contributed by atoms with Gasteiger partial charge in [-0.1, -0.05) is 19.1 Å². The zero-order chi connectivity index (χ0) is 18.8. The van der Waals surface area contributed by atoms with Crippen molar-refractivity contribution in [3.05, 3.63) is 69.6 Å². The van der Waals surface area contributed by atoms with Gasteiger partial charge in [-0.15, -0.1) is 11.3 Å². The van der Waals surface area contributed by atoms with Gasteiger partial charge in [-0.25, -0.2) is 9.97 Å². The van der Waals surface area contributed by atoms with Crippen LogP contribution in [-0.2, 0) is 13.0 Å². The molecule has 27 heavy (non-hydrogen) atoms. The van der Waals surface area contributed by atoms with Gasteiger partial charge in [0.25, 0.3) is 5.69 Å². The van der Waals surface area contributed by atoms with E-state index < -0.39 is 4.92 Å². The lowest BCUT2D eigenvalue weighted by Crippen LogP contribution is -2.06. The number of hydrogen-bond acceptors (Lipinski definition) is 7. The van der Waals surface area contributed by atoms with Crippen molar-refractivity contribution in [2.45, 2.75) is 19.9 Å². The molecular formula is C18H16N6O2S. The van der Waals surface area contributed by atoms with Gasteiger partial charge in [0.2, 0.25) is 5.95 Å². The summed E-state index contributed by atoms with van der Waals surface area (Å²) in [6.07, 6.45) is 6.04. The maximum Gasteiger partial charge on any atom is 0.269 e. The number of nitrogens with one attached hydrogen (secondary N) is 1. The molecule has 0 unspecified atom stereocenters. The number of imidazole rings is 1. The second-order valence-electron chi connectivity index (χ2n) is 5.91. The predicted molar refractivity (Wildman–Crippen MR) is 104 cm³/mol. The maximum absolute atomic E-state index is 11.0. The topological polar surface area (TPSA) is 98.8 Å². The average molecular weight is 380 g/mol. The number of benzene rings is 1. The van der Waals surface area contributed by atoms with Crippen LogP contribution in [0.15, 0.2) is 49.1 Å². The summed E-state index contributed by atoms with van der Waals surface area (Å²) in [5.74, 6) is 1.23. The van der Waals surface area contributed by atoms with E-state index >= 15 is 0 Å². The summed E-state index contributed by atoms with van der Waals surface area (Å²) in [5, 5.41) is 15.2. The van der Waals surface area contributed by atoms with Crippen LogP contribution in [0.3, 0.4) is 0 Å². The molecule has 0 aliphatic carbocycles. The minimum Gasteiger partial charge on any atom is -0.365 e. The van der Waals surface area contributed by atoms with Crippen LogP contribution in [0.2, 0.25) is 0 Å². The number of nitro groups is 1. The first-order valence-electron chi connectivity index (χ1n) is 8.40. The molecule has 0 spiro atoms. The Morgan fingerprint density at radius 2 is 2.19 bits per heavy atom. The number of fused-ring (bicyclic) bond motifs is 1. The molecule has 9 heteroatoms. The highest BCUT2D eigenvalue weighted by molar-refractivity contribution is 7.18. The lowest BCUT2D eigenvalue weighted by molar-refractivity contribution is -0.384. The Morgan fingerprint density at radius 1 is 1.30 bits per heavy atom. The number of nitrogens with zero attached hydrogens (tertiary/aromatic N) is 5. The molecule has 0 aliphatic rings. The third-order valence-corrected chi connectivity index (χ3v) is 5.27. The average Bonchev–Trinajstić information content (AvgIpc) is 3.35. The number of thiophene rings is 1. The Balaban J connectivity index is 1.70. The lowest BCUT2D eigenvalue weighted by Gasteiger charge is -2.09. The van der Waals surface area contributed by atoms with Crippen LogP contribution in [0, 0.1) is 10.1 Å². The van der Waals surface area contributed by atoms with Crippen molar-refractivity contribution in [1.82, 2.24) is 19.5 Å². The zero-order valence-corrected chi connectivity index (χ0v) is 15.3. The van der Waals surface area contributed by atoms with E-state index in [1.54, 1.807) is 46.8 Å². The van der Waals surface area contributed by atoms with Crippen LogP contribution in [0.4, 0.5) is 11.5 Å². The van der Waals surface area contributed by atoms with E-state index in [9.17, 15) is 10.1 Å². The molecule has 0 fully saturated rings. The van der Waals surface area contributed by atoms with Crippen LogP contribution in [0.1, 0.15) is 17.4 Å². The molecule has 0 amide bonds. The van der Waals surface area contributed by atoms with Crippen LogP contribution in [-0.4, -0.2) is 24.4 Å². The highest BCUT2D eigenvalue weighted by atomic mass is 32.1. The van der Waals surface area contributed by atoms with Gasteiger partial charge in [0, 0.05) is 35.9 Å². The number of aromatic nitrogens is 4. The van der Waals surface area contributed by atoms with Crippen molar-refractivity contribution in [1.29, 1.82) is 0 Å². The van der Waals surface area contributed by atoms with Gasteiger partial charge in [0.05, 0.1) is 10.3 Å². The van der Waals surface area contributed by atoms with Crippen LogP contribution < -0.4 is 5.32 Å². The van der Waals surface area contributed by atoms with Gasteiger partial charge in [-0.05, 0) is 18.1 Å². The fourth-order valence-electron chi connectivity index (χ4n) is 2.73. The standard InChI is InChI=1S/C18H16N6O2S/c1-2-14-9-15-16(20-10-12-4-3-5-13(8-12)24(25)26)21-18(22-17(15)27-14)23-7-6-19-11-23/h3-9,11H,2,10H2,1H3,(H,20,21,22). The predicted octanol–water partition coefficient (Wildman–Crippen LogP) is 3.96. The maximum atomic E-state index is 11.0. The molecule has 0 bridgehead atoms. The Morgan fingerprint density at radius 3 is 2.93 bits per heavy atom. The van der Waals surface area contributed by atoms with Gasteiger partial charge in [-0.2, -0.15) is 4.98 Å². The quantitative estimate of drug-likeness (QED) is 0.401. The van der Waals surface area contributed by atoms with E-state index in [4.69, 9.17) is 0 Å². The molecule has 3 heterocycles. The third kappa shape index (κ3) is 3.49. The van der Waals surface area contributed by atoms with Crippen molar-refractivity contribution in [3.63, 3.8) is 0 Å². The highest BCUT2D eigenvalue weighted by Crippen LogP contribution is 2.30. The summed E-state index contributed by atoms with van der Waals surface area (Å²) in [4.78, 5) is 26.0. The second kappa shape index (κ2) is 7.12. The number of anilines is 1. The highest BCUT2D eigenvalue weighted by Gasteiger charge is 2.13. The molecule has 0 saturated carbocycles. The van der Waals surface area contributed by atoms with E-state index in [2.05, 4.69) is 33.3 Å². The van der Waals surface area contributed by atoms with Crippen molar-refractivity contribution in [2.24, 2.45) is 0 Å². The molecule has 0 atom stereocenters. The number of nitro benzene ring substituents is 1. The molecule has 4 rings (SSSR count). The van der Waals surface area contributed by atoms with Crippen molar-refractivity contribution < 1.29 is 4.92 Å². The van der Waals surface area contributed by atoms with Crippen LogP contribution in [0.25, 0.3) is 16.2 Å². The van der Waals surface area contributed by atoms with Gasteiger partial charge >= 0.3 is 0 Å². The van der Waals surface area contributed by atoms with Gasteiger partial charge in [0.1, 0.15) is 17.0 Å². The number of rotatable bonds is 6. The largest absolute Gasteiger partial charge is 0.365 e. The molecule has 4 aromatic rings. The summed E-state index contributed by atoms with van der Waals surface area (Å²) >= 11 is 1.64. The first-order valence-corrected chi connectivity index (χ1v) is 9.21. The summed E-state index contributed by atoms with van der Waals surface area (Å²) in [7, 11) is 0. The molecule has 1 N–H and O–H groups in total. The zero-order valence-electron chi connectivity index (χ0n) is 14.5. The second-order valence-corrected chi connectivity index (χ2v) is 7.02. The first-order chi connectivity index (χ1) is 13.1. The van der Waals surface area contributed by atoms with Crippen molar-refractivity contribution >= 4 is 33.1 Å². The Bertz CT molecular complexity index is 1110. The van der Waals surface area contributed by atoms with E-state index in [1.807, 2.05) is 6.07 Å². The summed E-state index contributed by atoms with van der Waals surface area (Å²) in [6, 6.07) is 8.67. The Labute approximate surface area is 158 Å². The van der Waals surface area contributed by atoms with Crippen LogP contribution in [0.5, 0.6) is 0 Å². The van der Waals surface area contributed by atoms with Gasteiger partial charge in [0.15, 0.2) is 0 Å². The molecule has 0 radical (unpaired) electrons. The molecule has 3 aromatic heterocycles. The monoisotopic (exact) mass is 380 g/mol. The number of aryl methyl sites for hydroxylation is 1. The number of hydrogen-bond donors (Lipinski definition) is 1. The Kier molecular flexibility index (Phi) is 4.51. The van der Waals surface area contributed by atoms with E-state index in [-0.39, 0.29) is 5.69 Å². The molecule has 136 valence electrons. The molecule has 0 aliphatic heterocycles. The normalized spacial score (nSPS) is 11.0. The molecule has 8 nitrogen and oxygen atoms in total.